The minimum atomic E-state index is -0.0299. The number of carbonyl (C=O) groups is 1. The molecule has 3 aromatic rings. The minimum Gasteiger partial charge on any atom is -0.352 e. The highest BCUT2D eigenvalue weighted by Gasteiger charge is 2.18. The molecular weight excluding hydrogens is 364 g/mol. The number of benzene rings is 1. The van der Waals surface area contributed by atoms with Crippen molar-refractivity contribution in [2.24, 2.45) is 0 Å². The first-order valence-corrected chi connectivity index (χ1v) is 10.1. The van der Waals surface area contributed by atoms with Gasteiger partial charge in [0.25, 0.3) is 5.91 Å². The molecule has 1 N–H and O–H groups in total. The first-order valence-electron chi connectivity index (χ1n) is 10.1. The van der Waals surface area contributed by atoms with Crippen LogP contribution < -0.4 is 10.2 Å². The maximum atomic E-state index is 12.7. The number of aromatic nitrogens is 3. The topological polar surface area (TPSA) is 74.2 Å². The molecule has 0 radical (unpaired) electrons. The number of hydrogen-bond donors (Lipinski definition) is 1. The Bertz CT molecular complexity index is 969. The van der Waals surface area contributed by atoms with Crippen LogP contribution in [0.1, 0.15) is 22.5 Å². The van der Waals surface area contributed by atoms with E-state index in [1.807, 2.05) is 43.3 Å². The van der Waals surface area contributed by atoms with Crippen LogP contribution in [-0.2, 0) is 0 Å². The van der Waals surface area contributed by atoms with Gasteiger partial charge in [0.2, 0.25) is 5.95 Å². The summed E-state index contributed by atoms with van der Waals surface area (Å²) in [6, 6.07) is 11.5. The van der Waals surface area contributed by atoms with Crippen molar-refractivity contribution < 1.29 is 4.79 Å². The van der Waals surface area contributed by atoms with E-state index < -0.39 is 0 Å². The third-order valence-corrected chi connectivity index (χ3v) is 5.23. The van der Waals surface area contributed by atoms with Crippen molar-refractivity contribution >= 4 is 22.8 Å². The van der Waals surface area contributed by atoms with E-state index in [0.29, 0.717) is 12.1 Å². The quantitative estimate of drug-likeness (QED) is 0.651. The van der Waals surface area contributed by atoms with E-state index in [9.17, 15) is 4.79 Å². The summed E-state index contributed by atoms with van der Waals surface area (Å²) in [5, 5.41) is 3.97. The Balaban J connectivity index is 1.24. The van der Waals surface area contributed by atoms with Gasteiger partial charge >= 0.3 is 0 Å². The van der Waals surface area contributed by atoms with Crippen molar-refractivity contribution in [3.8, 4) is 0 Å². The summed E-state index contributed by atoms with van der Waals surface area (Å²) in [5.41, 5.74) is 2.41. The van der Waals surface area contributed by atoms with Crippen molar-refractivity contribution in [1.82, 2.24) is 25.2 Å². The number of nitrogens with one attached hydrogen (secondary N) is 1. The lowest BCUT2D eigenvalue weighted by Gasteiger charge is -2.34. The molecule has 7 heteroatoms. The Labute approximate surface area is 170 Å². The number of para-hydroxylation sites is 1. The number of piperazine rings is 1. The number of aryl methyl sites for hydroxylation is 1. The number of fused-ring (bicyclic) bond motifs is 1. The van der Waals surface area contributed by atoms with Gasteiger partial charge in [-0.15, -0.1) is 0 Å². The second kappa shape index (κ2) is 8.96. The molecule has 7 nitrogen and oxygen atoms in total. The molecule has 3 heterocycles. The fraction of sp³-hybridized carbons (Fsp3) is 0.364. The summed E-state index contributed by atoms with van der Waals surface area (Å²) in [7, 11) is 0. The standard InChI is InChI=1S/C22H26N6O/c1-17-16-19(18-6-2-3-7-20(18)26-17)21(29)23-10-5-11-27-12-14-28(15-13-27)22-24-8-4-9-25-22/h2-4,6-9,16H,5,10-15H2,1H3,(H,23,29). The average molecular weight is 390 g/mol. The number of hydrogen-bond acceptors (Lipinski definition) is 6. The van der Waals surface area contributed by atoms with Crippen molar-refractivity contribution in [1.29, 1.82) is 0 Å². The lowest BCUT2D eigenvalue weighted by atomic mass is 10.1. The van der Waals surface area contributed by atoms with Gasteiger partial charge in [0.05, 0.1) is 11.1 Å². The van der Waals surface area contributed by atoms with Crippen LogP contribution >= 0.6 is 0 Å². The van der Waals surface area contributed by atoms with Crippen LogP contribution in [0, 0.1) is 6.92 Å². The average Bonchev–Trinajstić information content (AvgIpc) is 2.77. The van der Waals surface area contributed by atoms with Crippen molar-refractivity contribution in [3.05, 3.63) is 60.0 Å². The zero-order valence-corrected chi connectivity index (χ0v) is 16.7. The van der Waals surface area contributed by atoms with Crippen LogP contribution in [-0.4, -0.2) is 65.0 Å². The van der Waals surface area contributed by atoms with Gasteiger partial charge in [-0.2, -0.15) is 0 Å². The number of amides is 1. The number of rotatable bonds is 6. The second-order valence-electron chi connectivity index (χ2n) is 7.32. The number of nitrogens with zero attached hydrogens (tertiary/aromatic N) is 5. The van der Waals surface area contributed by atoms with Gasteiger partial charge in [0.1, 0.15) is 0 Å². The smallest absolute Gasteiger partial charge is 0.252 e. The van der Waals surface area contributed by atoms with Gasteiger partial charge in [-0.1, -0.05) is 18.2 Å². The molecule has 0 spiro atoms. The fourth-order valence-corrected chi connectivity index (χ4v) is 3.72. The Morgan fingerprint density at radius 2 is 1.83 bits per heavy atom. The molecule has 0 unspecified atom stereocenters. The zero-order chi connectivity index (χ0) is 20.1. The molecule has 29 heavy (non-hydrogen) atoms. The summed E-state index contributed by atoms with van der Waals surface area (Å²) in [6.07, 6.45) is 4.49. The molecule has 0 atom stereocenters. The molecule has 1 aromatic carbocycles. The monoisotopic (exact) mass is 390 g/mol. The normalized spacial score (nSPS) is 14.9. The van der Waals surface area contributed by atoms with Gasteiger partial charge in [-0.05, 0) is 38.1 Å². The van der Waals surface area contributed by atoms with E-state index in [1.165, 1.54) is 0 Å². The third kappa shape index (κ3) is 4.68. The molecule has 0 bridgehead atoms. The molecular formula is C22H26N6O. The van der Waals surface area contributed by atoms with Crippen LogP contribution in [0.3, 0.4) is 0 Å². The predicted octanol–water partition coefficient (Wildman–Crippen LogP) is 2.28. The molecule has 1 fully saturated rings. The van der Waals surface area contributed by atoms with Gasteiger partial charge < -0.3 is 10.2 Å². The highest BCUT2D eigenvalue weighted by molar-refractivity contribution is 6.06. The first kappa shape index (κ1) is 19.3. The molecule has 0 saturated carbocycles. The Kier molecular flexibility index (Phi) is 5.95. The molecule has 4 rings (SSSR count). The van der Waals surface area contributed by atoms with E-state index in [-0.39, 0.29) is 5.91 Å². The van der Waals surface area contributed by atoms with Crippen LogP contribution in [0.5, 0.6) is 0 Å². The van der Waals surface area contributed by atoms with Gasteiger partial charge in [0.15, 0.2) is 0 Å². The summed E-state index contributed by atoms with van der Waals surface area (Å²) in [5.74, 6) is 0.775. The van der Waals surface area contributed by atoms with E-state index in [1.54, 1.807) is 12.4 Å². The zero-order valence-electron chi connectivity index (χ0n) is 16.7. The number of carbonyl (C=O) groups excluding carboxylic acids is 1. The molecule has 1 saturated heterocycles. The molecule has 0 aliphatic carbocycles. The SMILES string of the molecule is Cc1cc(C(=O)NCCCN2CCN(c3ncccn3)CC2)c2ccccc2n1. The van der Waals surface area contributed by atoms with E-state index in [0.717, 1.165) is 61.7 Å². The Morgan fingerprint density at radius 3 is 2.62 bits per heavy atom. The predicted molar refractivity (Wildman–Crippen MR) is 114 cm³/mol. The van der Waals surface area contributed by atoms with E-state index in [4.69, 9.17) is 0 Å². The molecule has 1 aliphatic rings. The van der Waals surface area contributed by atoms with Crippen LogP contribution in [0.15, 0.2) is 48.8 Å². The van der Waals surface area contributed by atoms with Crippen molar-refractivity contribution in [2.75, 3.05) is 44.2 Å². The molecule has 1 aliphatic heterocycles. The van der Waals surface area contributed by atoms with Crippen molar-refractivity contribution in [2.45, 2.75) is 13.3 Å². The number of pyridine rings is 1. The summed E-state index contributed by atoms with van der Waals surface area (Å²) in [6.45, 7) is 7.39. The first-order chi connectivity index (χ1) is 14.2. The molecule has 1 amide bonds. The van der Waals surface area contributed by atoms with Crippen LogP contribution in [0.4, 0.5) is 5.95 Å². The van der Waals surface area contributed by atoms with Gasteiger partial charge in [0, 0.05) is 56.2 Å². The summed E-state index contributed by atoms with van der Waals surface area (Å²) < 4.78 is 0. The summed E-state index contributed by atoms with van der Waals surface area (Å²) >= 11 is 0. The third-order valence-electron chi connectivity index (χ3n) is 5.23. The van der Waals surface area contributed by atoms with E-state index in [2.05, 4.69) is 30.1 Å². The highest BCUT2D eigenvalue weighted by Crippen LogP contribution is 2.18. The maximum Gasteiger partial charge on any atom is 0.252 e. The lowest BCUT2D eigenvalue weighted by Crippen LogP contribution is -2.47. The lowest BCUT2D eigenvalue weighted by molar-refractivity contribution is 0.0953. The Hall–Kier alpha value is -3.06. The van der Waals surface area contributed by atoms with Crippen molar-refractivity contribution in [3.63, 3.8) is 0 Å². The highest BCUT2D eigenvalue weighted by atomic mass is 16.1. The number of anilines is 1. The minimum absolute atomic E-state index is 0.0299. The second-order valence-corrected chi connectivity index (χ2v) is 7.32. The fourth-order valence-electron chi connectivity index (χ4n) is 3.72. The van der Waals surface area contributed by atoms with Gasteiger partial charge in [-0.3, -0.25) is 14.7 Å². The van der Waals surface area contributed by atoms with E-state index >= 15 is 0 Å². The van der Waals surface area contributed by atoms with Gasteiger partial charge in [-0.25, -0.2) is 9.97 Å². The largest absolute Gasteiger partial charge is 0.352 e. The summed E-state index contributed by atoms with van der Waals surface area (Å²) in [4.78, 5) is 30.5. The molecule has 150 valence electrons. The molecule has 2 aromatic heterocycles. The van der Waals surface area contributed by atoms with Crippen LogP contribution in [0.2, 0.25) is 0 Å². The van der Waals surface area contributed by atoms with Crippen LogP contribution in [0.25, 0.3) is 10.9 Å². The Morgan fingerprint density at radius 1 is 1.07 bits per heavy atom. The maximum absolute atomic E-state index is 12.7.